The summed E-state index contributed by atoms with van der Waals surface area (Å²) in [7, 11) is -2.93. The van der Waals surface area contributed by atoms with Gasteiger partial charge in [-0.25, -0.2) is 12.8 Å². The van der Waals surface area contributed by atoms with Gasteiger partial charge in [0.2, 0.25) is 0 Å². The fraction of sp³-hybridized carbons (Fsp3) is 0.625. The summed E-state index contributed by atoms with van der Waals surface area (Å²) < 4.78 is 36.8. The van der Waals surface area contributed by atoms with Gasteiger partial charge in [0.05, 0.1) is 5.75 Å². The number of sulfone groups is 1. The zero-order valence-electron chi connectivity index (χ0n) is 13.2. The molecule has 1 unspecified atom stereocenters. The molecule has 0 saturated heterocycles. The molecule has 0 aliphatic carbocycles. The lowest BCUT2D eigenvalue weighted by atomic mass is 10.0. The van der Waals surface area contributed by atoms with Gasteiger partial charge in [-0.05, 0) is 49.9 Å². The normalized spacial score (nSPS) is 13.3. The molecule has 1 atom stereocenters. The molecule has 0 heterocycles. The van der Waals surface area contributed by atoms with Gasteiger partial charge in [-0.1, -0.05) is 26.0 Å². The van der Waals surface area contributed by atoms with Gasteiger partial charge in [-0.15, -0.1) is 0 Å². The van der Waals surface area contributed by atoms with E-state index in [4.69, 9.17) is 0 Å². The molecule has 1 rings (SSSR count). The Hall–Kier alpha value is -0.940. The number of aryl methyl sites for hydroxylation is 1. The zero-order valence-corrected chi connectivity index (χ0v) is 14.0. The molecule has 0 saturated carbocycles. The van der Waals surface area contributed by atoms with Gasteiger partial charge in [0.1, 0.15) is 15.7 Å². The molecule has 1 N–H and O–H groups in total. The average Bonchev–Trinajstić information content (AvgIpc) is 2.45. The largest absolute Gasteiger partial charge is 0.310 e. The topological polar surface area (TPSA) is 46.2 Å². The Balaban J connectivity index is 2.73. The molecule has 0 amide bonds. The van der Waals surface area contributed by atoms with Crippen LogP contribution in [0, 0.1) is 12.7 Å². The third-order valence-electron chi connectivity index (χ3n) is 3.63. The predicted molar refractivity (Wildman–Crippen MR) is 85.7 cm³/mol. The van der Waals surface area contributed by atoms with Gasteiger partial charge in [0, 0.05) is 11.8 Å². The fourth-order valence-electron chi connectivity index (χ4n) is 2.18. The van der Waals surface area contributed by atoms with Crippen molar-refractivity contribution in [3.05, 3.63) is 35.1 Å². The van der Waals surface area contributed by atoms with E-state index in [0.29, 0.717) is 18.4 Å². The molecule has 0 spiro atoms. The third-order valence-corrected chi connectivity index (χ3v) is 5.42. The summed E-state index contributed by atoms with van der Waals surface area (Å²) in [6.07, 6.45) is 2.27. The van der Waals surface area contributed by atoms with E-state index in [1.807, 2.05) is 6.07 Å². The highest BCUT2D eigenvalue weighted by molar-refractivity contribution is 7.91. The van der Waals surface area contributed by atoms with E-state index in [-0.39, 0.29) is 23.4 Å². The minimum atomic E-state index is -2.93. The number of nitrogens with one attached hydrogen (secondary N) is 1. The van der Waals surface area contributed by atoms with Crippen LogP contribution < -0.4 is 5.32 Å². The number of rotatable bonds is 9. The molecule has 0 fully saturated rings. The minimum Gasteiger partial charge on any atom is -0.310 e. The van der Waals surface area contributed by atoms with E-state index in [0.717, 1.165) is 18.5 Å². The summed E-state index contributed by atoms with van der Waals surface area (Å²) in [5.41, 5.74) is 1.52. The Bertz CT molecular complexity index is 543. The summed E-state index contributed by atoms with van der Waals surface area (Å²) in [6.45, 7) is 6.31. The van der Waals surface area contributed by atoms with Crippen LogP contribution in [0.25, 0.3) is 0 Å². The van der Waals surface area contributed by atoms with Gasteiger partial charge >= 0.3 is 0 Å². The maximum absolute atomic E-state index is 13.7. The van der Waals surface area contributed by atoms with Crippen molar-refractivity contribution in [1.82, 2.24) is 5.32 Å². The summed E-state index contributed by atoms with van der Waals surface area (Å²) in [5.74, 6) is 0.165. The van der Waals surface area contributed by atoms with E-state index < -0.39 is 9.84 Å². The van der Waals surface area contributed by atoms with Gasteiger partial charge in [0.25, 0.3) is 0 Å². The van der Waals surface area contributed by atoms with Gasteiger partial charge in [-0.2, -0.15) is 0 Å². The quantitative estimate of drug-likeness (QED) is 0.760. The average molecular weight is 315 g/mol. The zero-order chi connectivity index (χ0) is 15.9. The molecular formula is C16H26FNO2S. The first-order chi connectivity index (χ1) is 9.89. The summed E-state index contributed by atoms with van der Waals surface area (Å²) in [5, 5.41) is 3.38. The number of benzene rings is 1. The second-order valence-electron chi connectivity index (χ2n) is 5.39. The second-order valence-corrected chi connectivity index (χ2v) is 7.87. The van der Waals surface area contributed by atoms with Crippen molar-refractivity contribution >= 4 is 9.84 Å². The lowest BCUT2D eigenvalue weighted by Crippen LogP contribution is -2.23. The highest BCUT2D eigenvalue weighted by Crippen LogP contribution is 2.21. The highest BCUT2D eigenvalue weighted by atomic mass is 32.2. The van der Waals surface area contributed by atoms with Crippen LogP contribution in [0.3, 0.4) is 0 Å². The molecule has 0 aliphatic heterocycles. The number of hydrogen-bond donors (Lipinski definition) is 1. The van der Waals surface area contributed by atoms with Crippen LogP contribution in [0.1, 0.15) is 50.3 Å². The minimum absolute atomic E-state index is 0.00658. The summed E-state index contributed by atoms with van der Waals surface area (Å²) in [4.78, 5) is 0. The molecular weight excluding hydrogens is 289 g/mol. The Morgan fingerprint density at radius 2 is 2.00 bits per heavy atom. The molecule has 21 heavy (non-hydrogen) atoms. The Morgan fingerprint density at radius 3 is 2.57 bits per heavy atom. The van der Waals surface area contributed by atoms with E-state index >= 15 is 0 Å². The van der Waals surface area contributed by atoms with Crippen LogP contribution in [-0.4, -0.2) is 26.5 Å². The van der Waals surface area contributed by atoms with Gasteiger partial charge in [-0.3, -0.25) is 0 Å². The lowest BCUT2D eigenvalue weighted by Gasteiger charge is -2.19. The smallest absolute Gasteiger partial charge is 0.150 e. The lowest BCUT2D eigenvalue weighted by molar-refractivity contribution is 0.488. The van der Waals surface area contributed by atoms with Crippen molar-refractivity contribution in [3.63, 3.8) is 0 Å². The van der Waals surface area contributed by atoms with Crippen LogP contribution >= 0.6 is 0 Å². The maximum Gasteiger partial charge on any atom is 0.150 e. The molecule has 1 aromatic carbocycles. The van der Waals surface area contributed by atoms with Crippen molar-refractivity contribution in [2.45, 2.75) is 46.1 Å². The predicted octanol–water partition coefficient (Wildman–Crippen LogP) is 3.39. The van der Waals surface area contributed by atoms with E-state index in [2.05, 4.69) is 12.2 Å². The third kappa shape index (κ3) is 6.14. The molecule has 120 valence electrons. The van der Waals surface area contributed by atoms with Gasteiger partial charge in [0.15, 0.2) is 0 Å². The van der Waals surface area contributed by atoms with Crippen molar-refractivity contribution in [3.8, 4) is 0 Å². The molecule has 0 aromatic heterocycles. The maximum atomic E-state index is 13.7. The van der Waals surface area contributed by atoms with E-state index in [1.165, 1.54) is 0 Å². The summed E-state index contributed by atoms with van der Waals surface area (Å²) >= 11 is 0. The molecule has 3 nitrogen and oxygen atoms in total. The fourth-order valence-corrected chi connectivity index (χ4v) is 3.08. The highest BCUT2D eigenvalue weighted by Gasteiger charge is 2.14. The second kappa shape index (κ2) is 8.49. The monoisotopic (exact) mass is 315 g/mol. The van der Waals surface area contributed by atoms with Crippen LogP contribution in [0.5, 0.6) is 0 Å². The first-order valence-corrected chi connectivity index (χ1v) is 9.41. The SMILES string of the molecule is CCCNC(CCCS(=O)(=O)CC)c1ccc(C)c(F)c1. The van der Waals surface area contributed by atoms with Crippen LogP contribution in [0.4, 0.5) is 4.39 Å². The van der Waals surface area contributed by atoms with Crippen LogP contribution in [-0.2, 0) is 9.84 Å². The Kier molecular flexibility index (Phi) is 7.32. The summed E-state index contributed by atoms with van der Waals surface area (Å²) in [6, 6.07) is 5.25. The molecule has 0 radical (unpaired) electrons. The Labute approximate surface area is 127 Å². The molecule has 0 aliphatic rings. The van der Waals surface area contributed by atoms with Crippen molar-refractivity contribution in [2.24, 2.45) is 0 Å². The van der Waals surface area contributed by atoms with Crippen molar-refractivity contribution in [2.75, 3.05) is 18.1 Å². The first-order valence-electron chi connectivity index (χ1n) is 7.59. The van der Waals surface area contributed by atoms with Gasteiger partial charge < -0.3 is 5.32 Å². The Morgan fingerprint density at radius 1 is 1.29 bits per heavy atom. The first kappa shape index (κ1) is 18.1. The van der Waals surface area contributed by atoms with Crippen molar-refractivity contribution in [1.29, 1.82) is 0 Å². The molecule has 1 aromatic rings. The standard InChI is InChI=1S/C16H26FNO2S/c1-4-10-18-16(7-6-11-21(19,20)5-2)14-9-8-13(3)15(17)12-14/h8-9,12,16,18H,4-7,10-11H2,1-3H3. The van der Waals surface area contributed by atoms with Crippen molar-refractivity contribution < 1.29 is 12.8 Å². The number of hydrogen-bond acceptors (Lipinski definition) is 3. The van der Waals surface area contributed by atoms with E-state index in [1.54, 1.807) is 26.0 Å². The van der Waals surface area contributed by atoms with E-state index in [9.17, 15) is 12.8 Å². The molecule has 0 bridgehead atoms. The van der Waals surface area contributed by atoms with Crippen LogP contribution in [0.2, 0.25) is 0 Å². The molecule has 5 heteroatoms. The van der Waals surface area contributed by atoms with Crippen LogP contribution in [0.15, 0.2) is 18.2 Å². The number of halogens is 1.